The molecule has 0 saturated heterocycles. The monoisotopic (exact) mass is 202 g/mol. The third kappa shape index (κ3) is 1.76. The molecular formula is C10H10N4O. The van der Waals surface area contributed by atoms with Crippen molar-refractivity contribution in [2.45, 2.75) is 6.92 Å². The van der Waals surface area contributed by atoms with E-state index in [1.807, 2.05) is 6.07 Å². The van der Waals surface area contributed by atoms with Crippen LogP contribution in [0.1, 0.15) is 17.4 Å². The lowest BCUT2D eigenvalue weighted by Gasteiger charge is -2.00. The highest BCUT2D eigenvalue weighted by Crippen LogP contribution is 2.14. The Bertz CT molecular complexity index is 486. The van der Waals surface area contributed by atoms with Crippen molar-refractivity contribution in [2.75, 3.05) is 0 Å². The number of Topliss-reactive ketones (excluding diaryl/α,β-unsaturated/α-hetero) is 1. The molecule has 0 radical (unpaired) electrons. The second kappa shape index (κ2) is 3.61. The number of rotatable bonds is 2. The molecule has 5 nitrogen and oxygen atoms in total. The number of pyridine rings is 1. The number of aromatic nitrogens is 4. The maximum atomic E-state index is 11.0. The van der Waals surface area contributed by atoms with Crippen LogP contribution in [0.2, 0.25) is 0 Å². The number of carbonyl (C=O) groups is 1. The molecule has 0 atom stereocenters. The van der Waals surface area contributed by atoms with Crippen LogP contribution < -0.4 is 0 Å². The molecule has 0 saturated carbocycles. The highest BCUT2D eigenvalue weighted by Gasteiger charge is 2.06. The van der Waals surface area contributed by atoms with E-state index in [4.69, 9.17) is 0 Å². The molecule has 2 rings (SSSR count). The van der Waals surface area contributed by atoms with E-state index < -0.39 is 0 Å². The van der Waals surface area contributed by atoms with E-state index >= 15 is 0 Å². The van der Waals surface area contributed by atoms with E-state index in [9.17, 15) is 4.79 Å². The molecule has 0 aliphatic rings. The quantitative estimate of drug-likeness (QED) is 0.683. The summed E-state index contributed by atoms with van der Waals surface area (Å²) in [4.78, 5) is 19.1. The minimum Gasteiger partial charge on any atom is -0.293 e. The fraction of sp³-hybridized carbons (Fsp3) is 0.200. The predicted octanol–water partition coefficient (Wildman–Crippen LogP) is 1.08. The topological polar surface area (TPSA) is 60.7 Å². The van der Waals surface area contributed by atoms with Crippen LogP contribution in [0.3, 0.4) is 0 Å². The third-order valence-corrected chi connectivity index (χ3v) is 2.09. The van der Waals surface area contributed by atoms with Crippen molar-refractivity contribution in [3.05, 3.63) is 30.4 Å². The molecule has 0 unspecified atom stereocenters. The third-order valence-electron chi connectivity index (χ3n) is 2.09. The van der Waals surface area contributed by atoms with Gasteiger partial charge in [0.1, 0.15) is 12.0 Å². The normalized spacial score (nSPS) is 10.3. The van der Waals surface area contributed by atoms with Crippen LogP contribution in [0.4, 0.5) is 0 Å². The van der Waals surface area contributed by atoms with E-state index in [1.165, 1.54) is 13.3 Å². The first-order valence-electron chi connectivity index (χ1n) is 4.50. The van der Waals surface area contributed by atoms with Gasteiger partial charge in [0, 0.05) is 25.7 Å². The zero-order valence-electron chi connectivity index (χ0n) is 8.51. The molecule has 76 valence electrons. The van der Waals surface area contributed by atoms with Gasteiger partial charge in [0.15, 0.2) is 11.6 Å². The minimum atomic E-state index is -0.0421. The molecule has 2 heterocycles. The van der Waals surface area contributed by atoms with Gasteiger partial charge in [0.05, 0.1) is 0 Å². The van der Waals surface area contributed by atoms with E-state index in [2.05, 4.69) is 15.1 Å². The van der Waals surface area contributed by atoms with Crippen molar-refractivity contribution < 1.29 is 4.79 Å². The molecule has 0 fully saturated rings. The van der Waals surface area contributed by atoms with Crippen molar-refractivity contribution in [3.63, 3.8) is 0 Å². The zero-order chi connectivity index (χ0) is 10.8. The van der Waals surface area contributed by atoms with Crippen molar-refractivity contribution in [1.29, 1.82) is 0 Å². The van der Waals surface area contributed by atoms with Gasteiger partial charge in [-0.25, -0.2) is 9.67 Å². The Labute approximate surface area is 86.8 Å². The second-order valence-electron chi connectivity index (χ2n) is 3.20. The lowest BCUT2D eigenvalue weighted by molar-refractivity contribution is 0.101. The van der Waals surface area contributed by atoms with Crippen molar-refractivity contribution in [3.8, 4) is 11.4 Å². The Hall–Kier alpha value is -2.04. The van der Waals surface area contributed by atoms with Gasteiger partial charge >= 0.3 is 0 Å². The van der Waals surface area contributed by atoms with Crippen LogP contribution in [0.25, 0.3) is 11.4 Å². The molecule has 0 aromatic carbocycles. The fourth-order valence-corrected chi connectivity index (χ4v) is 1.29. The minimum absolute atomic E-state index is 0.0421. The predicted molar refractivity (Wildman–Crippen MR) is 54.2 cm³/mol. The van der Waals surface area contributed by atoms with Gasteiger partial charge in [-0.2, -0.15) is 5.10 Å². The molecule has 0 amide bonds. The largest absolute Gasteiger partial charge is 0.293 e. The average molecular weight is 202 g/mol. The molecule has 0 N–H and O–H groups in total. The summed E-state index contributed by atoms with van der Waals surface area (Å²) in [7, 11) is 1.81. The van der Waals surface area contributed by atoms with Gasteiger partial charge in [0.2, 0.25) is 0 Å². The summed E-state index contributed by atoms with van der Waals surface area (Å²) in [6.45, 7) is 1.49. The lowest BCUT2D eigenvalue weighted by atomic mass is 10.2. The second-order valence-corrected chi connectivity index (χ2v) is 3.20. The van der Waals surface area contributed by atoms with Gasteiger partial charge in [0.25, 0.3) is 0 Å². The molecule has 15 heavy (non-hydrogen) atoms. The summed E-state index contributed by atoms with van der Waals surface area (Å²) in [5.74, 6) is 0.692. The molecule has 2 aromatic rings. The van der Waals surface area contributed by atoms with E-state index in [0.29, 0.717) is 5.69 Å². The molecule has 0 aliphatic carbocycles. The first-order valence-corrected chi connectivity index (χ1v) is 4.50. The van der Waals surface area contributed by atoms with E-state index in [0.717, 1.165) is 11.4 Å². The summed E-state index contributed by atoms with van der Waals surface area (Å²) in [5.41, 5.74) is 1.31. The van der Waals surface area contributed by atoms with Gasteiger partial charge < -0.3 is 0 Å². The molecule has 5 heteroatoms. The lowest BCUT2D eigenvalue weighted by Crippen LogP contribution is -1.98. The van der Waals surface area contributed by atoms with Gasteiger partial charge in [-0.1, -0.05) is 0 Å². The average Bonchev–Trinajstić information content (AvgIpc) is 2.65. The fourth-order valence-electron chi connectivity index (χ4n) is 1.29. The Balaban J connectivity index is 2.40. The van der Waals surface area contributed by atoms with Gasteiger partial charge in [-0.05, 0) is 12.1 Å². The summed E-state index contributed by atoms with van der Waals surface area (Å²) < 4.78 is 1.66. The van der Waals surface area contributed by atoms with Gasteiger partial charge in [-0.3, -0.25) is 9.78 Å². The van der Waals surface area contributed by atoms with E-state index in [-0.39, 0.29) is 5.78 Å². The number of nitrogens with zero attached hydrogens (tertiary/aromatic N) is 4. The highest BCUT2D eigenvalue weighted by molar-refractivity contribution is 5.92. The number of carbonyl (C=O) groups excluding carboxylic acids is 1. The Morgan fingerprint density at radius 3 is 2.60 bits per heavy atom. The Morgan fingerprint density at radius 2 is 2.13 bits per heavy atom. The molecule has 0 spiro atoms. The maximum absolute atomic E-state index is 11.0. The van der Waals surface area contributed by atoms with Crippen LogP contribution in [0.15, 0.2) is 24.7 Å². The molecule has 0 bridgehead atoms. The van der Waals surface area contributed by atoms with Crippen LogP contribution in [0, 0.1) is 0 Å². The van der Waals surface area contributed by atoms with E-state index in [1.54, 1.807) is 24.0 Å². The van der Waals surface area contributed by atoms with Crippen molar-refractivity contribution in [1.82, 2.24) is 19.7 Å². The number of hydrogen-bond donors (Lipinski definition) is 0. The Morgan fingerprint density at radius 1 is 1.33 bits per heavy atom. The summed E-state index contributed by atoms with van der Waals surface area (Å²) in [6, 6.07) is 3.50. The summed E-state index contributed by atoms with van der Waals surface area (Å²) >= 11 is 0. The maximum Gasteiger partial charge on any atom is 0.178 e. The van der Waals surface area contributed by atoms with Crippen LogP contribution >= 0.6 is 0 Å². The van der Waals surface area contributed by atoms with Crippen LogP contribution in [-0.2, 0) is 7.05 Å². The summed E-state index contributed by atoms with van der Waals surface area (Å²) in [5, 5.41) is 3.96. The smallest absolute Gasteiger partial charge is 0.178 e. The van der Waals surface area contributed by atoms with Gasteiger partial charge in [-0.15, -0.1) is 0 Å². The SMILES string of the molecule is CC(=O)c1ccc(-c2ncnn2C)cn1. The first-order chi connectivity index (χ1) is 7.18. The van der Waals surface area contributed by atoms with Crippen molar-refractivity contribution >= 4 is 5.78 Å². The molecular weight excluding hydrogens is 192 g/mol. The summed E-state index contributed by atoms with van der Waals surface area (Å²) in [6.07, 6.45) is 3.11. The van der Waals surface area contributed by atoms with Crippen molar-refractivity contribution in [2.24, 2.45) is 7.05 Å². The molecule has 0 aliphatic heterocycles. The number of ketones is 1. The number of aryl methyl sites for hydroxylation is 1. The number of hydrogen-bond acceptors (Lipinski definition) is 4. The zero-order valence-corrected chi connectivity index (χ0v) is 8.51. The Kier molecular flexibility index (Phi) is 2.29. The standard InChI is InChI=1S/C10H10N4O/c1-7(15)9-4-3-8(5-11-9)10-12-6-13-14(10)2/h3-6H,1-2H3. The van der Waals surface area contributed by atoms with Crippen LogP contribution in [0.5, 0.6) is 0 Å². The highest BCUT2D eigenvalue weighted by atomic mass is 16.1. The van der Waals surface area contributed by atoms with Crippen LogP contribution in [-0.4, -0.2) is 25.5 Å². The molecule has 2 aromatic heterocycles. The first kappa shape index (κ1) is 9.51.